The van der Waals surface area contributed by atoms with Crippen molar-refractivity contribution in [2.75, 3.05) is 0 Å². The summed E-state index contributed by atoms with van der Waals surface area (Å²) in [6.07, 6.45) is 3.72. The number of aryl methyl sites for hydroxylation is 2. The van der Waals surface area contributed by atoms with E-state index in [1.165, 1.54) is 54.1 Å². The van der Waals surface area contributed by atoms with Gasteiger partial charge in [0.2, 0.25) is 0 Å². The minimum atomic E-state index is -10.7. The third-order valence-corrected chi connectivity index (χ3v) is 16.0. The zero-order valence-corrected chi connectivity index (χ0v) is 39.1. The van der Waals surface area contributed by atoms with Crippen LogP contribution in [0, 0.1) is 13.8 Å². The topological polar surface area (TPSA) is 35.0 Å². The van der Waals surface area contributed by atoms with Crippen LogP contribution in [0.4, 0.5) is 25.2 Å². The van der Waals surface area contributed by atoms with Gasteiger partial charge in [-0.3, -0.25) is 9.97 Å². The average Bonchev–Trinajstić information content (AvgIpc) is 3.26. The molecule has 9 rings (SSSR count). The summed E-state index contributed by atoms with van der Waals surface area (Å²) in [6, 6.07) is 65.6. The first kappa shape index (κ1) is 48.3. The molecule has 8 aromatic rings. The van der Waals surface area contributed by atoms with Crippen molar-refractivity contribution in [3.05, 3.63) is 217 Å². The van der Waals surface area contributed by atoms with Crippen LogP contribution in [0.2, 0.25) is 0 Å². The second-order valence-electron chi connectivity index (χ2n) is 15.7. The van der Waals surface area contributed by atoms with E-state index in [1.54, 1.807) is 0 Å². The normalized spacial score (nSPS) is 13.5. The number of halogens is 6. The summed E-state index contributed by atoms with van der Waals surface area (Å²) in [6.45, 7) is 8.77. The molecule has 13 heteroatoms. The number of pyridine rings is 2. The van der Waals surface area contributed by atoms with Gasteiger partial charge in [0.25, 0.3) is 0 Å². The summed E-state index contributed by atoms with van der Waals surface area (Å²) in [5, 5.41) is 8.05. The molecule has 0 fully saturated rings. The van der Waals surface area contributed by atoms with Crippen molar-refractivity contribution >= 4 is 55.5 Å². The first-order valence-electron chi connectivity index (χ1n) is 20.2. The van der Waals surface area contributed by atoms with Crippen LogP contribution < -0.4 is 36.6 Å². The molecule has 1 aliphatic heterocycles. The fourth-order valence-corrected chi connectivity index (χ4v) is 12.9. The first-order valence-corrected chi connectivity index (χ1v) is 25.2. The van der Waals surface area contributed by atoms with Crippen molar-refractivity contribution in [2.45, 2.75) is 33.1 Å². The summed E-state index contributed by atoms with van der Waals surface area (Å²) in [7, 11) is -13.3. The summed E-state index contributed by atoms with van der Waals surface area (Å²) in [4.78, 5) is 8.63. The predicted molar refractivity (Wildman–Crippen MR) is 256 cm³/mol. The molecule has 3 heterocycles. The Hall–Kier alpha value is -5.19. The van der Waals surface area contributed by atoms with Crippen molar-refractivity contribution in [3.63, 3.8) is 0 Å². The molecular weight excluding hydrogens is 927 g/mol. The Labute approximate surface area is 383 Å². The molecule has 0 N–H and O–H groups in total. The van der Waals surface area contributed by atoms with Crippen LogP contribution in [0.25, 0.3) is 11.4 Å². The molecule has 0 bridgehead atoms. The molecule has 1 aliphatic rings. The molecule has 0 unspecified atom stereocenters. The van der Waals surface area contributed by atoms with Crippen molar-refractivity contribution < 1.29 is 47.0 Å². The Morgan fingerprint density at radius 2 is 0.719 bits per heavy atom. The van der Waals surface area contributed by atoms with Crippen molar-refractivity contribution in [2.24, 2.45) is 0 Å². The molecule has 6 aromatic carbocycles. The zero-order chi connectivity index (χ0) is 44.9. The smallest absolute Gasteiger partial charge is 1.00 e. The number of fused-ring (bicyclic) bond motifs is 2. The third kappa shape index (κ3) is 12.5. The minimum Gasteiger partial charge on any atom is 1.00 e. The average molecular weight is 973 g/mol. The molecule has 0 amide bonds. The fraction of sp³-hybridized carbons (Fsp3) is 0.0980. The van der Waals surface area contributed by atoms with Gasteiger partial charge in [-0.15, -0.1) is 0 Å². The standard InChI is InChI=1S/C39H32OP2.C12H12N2.Cu.F6P/c1-39(2)33-25-15-27-35(41(29-17-7-3-8-18-29)30-19-9-4-10-20-30)37(33)40-38-34(39)26-16-28-36(38)42(31-21-11-5-12-22-31)32-23-13-6-14-24-32;1-9-3-5-11(13-7-9)12-6-4-10(2)8-14-12;;1-7(2,3,4,5)6/h3-28H,1-2H3;3-8H,1-2H3;;/q;;+1;-1/p+2. The maximum absolute atomic E-state index is 10.7. The SMILES string of the molecule is CC1(C)c2cccc([PH+](c3ccccc3)c3ccccc3)c2Oc2c([PH+](c3ccccc3)c3ccccc3)cccc21.Cc1ccc(-c2ccc(C)cn2)nc1.F[P-](F)(F)(F)(F)F.[Cu+]. The van der Waals surface area contributed by atoms with Crippen LogP contribution in [-0.4, -0.2) is 9.97 Å². The summed E-state index contributed by atoms with van der Waals surface area (Å²) in [5.74, 6) is 2.07. The van der Waals surface area contributed by atoms with Crippen LogP contribution in [-0.2, 0) is 22.5 Å². The molecule has 0 spiro atoms. The quantitative estimate of drug-likeness (QED) is 0.0907. The van der Waals surface area contributed by atoms with E-state index in [-0.39, 0.29) is 22.5 Å². The van der Waals surface area contributed by atoms with E-state index in [9.17, 15) is 25.2 Å². The molecular formula is C51H46CuF6N2OP3+2. The van der Waals surface area contributed by atoms with Crippen LogP contribution in [0.1, 0.15) is 36.1 Å². The summed E-state index contributed by atoms with van der Waals surface area (Å²) < 4.78 is 66.5. The number of hydrogen-bond donors (Lipinski definition) is 0. The first-order chi connectivity index (χ1) is 29.8. The van der Waals surface area contributed by atoms with E-state index in [0.717, 1.165) is 22.9 Å². The number of para-hydroxylation sites is 2. The van der Waals surface area contributed by atoms with Gasteiger partial charge >= 0.3 is 50.1 Å². The van der Waals surface area contributed by atoms with Crippen LogP contribution >= 0.6 is 23.7 Å². The van der Waals surface area contributed by atoms with Gasteiger partial charge in [0, 0.05) is 28.9 Å². The monoisotopic (exact) mass is 972 g/mol. The Morgan fingerprint density at radius 1 is 0.422 bits per heavy atom. The number of ether oxygens (including phenoxy) is 1. The van der Waals surface area contributed by atoms with Gasteiger partial charge in [-0.05, 0) is 97.8 Å². The fourth-order valence-electron chi connectivity index (χ4n) is 7.53. The van der Waals surface area contributed by atoms with Gasteiger partial charge in [-0.25, -0.2) is 0 Å². The van der Waals surface area contributed by atoms with E-state index in [1.807, 2.05) is 50.5 Å². The van der Waals surface area contributed by atoms with Gasteiger partial charge in [-0.1, -0.05) is 123 Å². The molecule has 0 radical (unpaired) electrons. The van der Waals surface area contributed by atoms with Crippen LogP contribution in [0.15, 0.2) is 194 Å². The maximum atomic E-state index is 9.87. The Bertz CT molecular complexity index is 2520. The molecule has 3 nitrogen and oxygen atoms in total. The number of aromatic nitrogens is 2. The van der Waals surface area contributed by atoms with Gasteiger partial charge in [-0.2, -0.15) is 0 Å². The van der Waals surface area contributed by atoms with Crippen molar-refractivity contribution in [1.29, 1.82) is 0 Å². The summed E-state index contributed by atoms with van der Waals surface area (Å²) >= 11 is 0. The van der Waals surface area contributed by atoms with Gasteiger partial charge in [0.1, 0.15) is 47.7 Å². The predicted octanol–water partition coefficient (Wildman–Crippen LogP) is 13.2. The molecule has 0 saturated carbocycles. The molecule has 0 aliphatic carbocycles. The molecule has 0 atom stereocenters. The second-order valence-corrected chi connectivity index (χ2v) is 22.5. The Balaban J connectivity index is 0.000000255. The van der Waals surface area contributed by atoms with Crippen LogP contribution in [0.5, 0.6) is 11.5 Å². The van der Waals surface area contributed by atoms with Gasteiger partial charge < -0.3 is 4.74 Å². The zero-order valence-electron chi connectivity index (χ0n) is 35.3. The molecule has 332 valence electrons. The van der Waals surface area contributed by atoms with Gasteiger partial charge in [0.05, 0.1) is 11.4 Å². The number of rotatable bonds is 7. The molecule has 2 aromatic heterocycles. The Morgan fingerprint density at radius 3 is 0.984 bits per heavy atom. The van der Waals surface area contributed by atoms with E-state index >= 15 is 0 Å². The van der Waals surface area contributed by atoms with E-state index in [4.69, 9.17) is 4.74 Å². The van der Waals surface area contributed by atoms with E-state index in [0.29, 0.717) is 0 Å². The number of nitrogens with zero attached hydrogens (tertiary/aromatic N) is 2. The maximum Gasteiger partial charge on any atom is 1.00 e. The Kier molecular flexibility index (Phi) is 14.4. The number of hydrogen-bond acceptors (Lipinski definition) is 3. The van der Waals surface area contributed by atoms with Gasteiger partial charge in [0.15, 0.2) is 11.5 Å². The third-order valence-electron chi connectivity index (χ3n) is 10.5. The summed E-state index contributed by atoms with van der Waals surface area (Å²) in [5.41, 5.74) is 6.49. The molecule has 64 heavy (non-hydrogen) atoms. The molecule has 0 saturated heterocycles. The number of benzene rings is 6. The van der Waals surface area contributed by atoms with Crippen LogP contribution in [0.3, 0.4) is 0 Å². The van der Waals surface area contributed by atoms with Crippen molar-refractivity contribution in [3.8, 4) is 22.9 Å². The van der Waals surface area contributed by atoms with E-state index in [2.05, 4.69) is 182 Å². The largest absolute Gasteiger partial charge is 1.00 e. The van der Waals surface area contributed by atoms with Crippen molar-refractivity contribution in [1.82, 2.24) is 9.97 Å². The van der Waals surface area contributed by atoms with E-state index < -0.39 is 23.7 Å². The second kappa shape index (κ2) is 19.1. The minimum absolute atomic E-state index is 0.